The Morgan fingerprint density at radius 1 is 0.840 bits per heavy atom. The maximum Gasteiger partial charge on any atom is 0.306 e. The van der Waals surface area contributed by atoms with E-state index in [1.807, 2.05) is 36.4 Å². The van der Waals surface area contributed by atoms with E-state index in [1.165, 1.54) is 12.8 Å². The zero-order chi connectivity index (χ0) is 17.9. The Balaban J connectivity index is 1.86. The zero-order valence-electron chi connectivity index (χ0n) is 15.5. The van der Waals surface area contributed by atoms with Gasteiger partial charge in [-0.3, -0.25) is 4.79 Å². The van der Waals surface area contributed by atoms with E-state index in [-0.39, 0.29) is 11.9 Å². The summed E-state index contributed by atoms with van der Waals surface area (Å²) in [5.41, 5.74) is 2.31. The van der Waals surface area contributed by atoms with Gasteiger partial charge in [-0.1, -0.05) is 93.8 Å². The topological polar surface area (TPSA) is 26.3 Å². The lowest BCUT2D eigenvalue weighted by atomic mass is 9.89. The molecule has 134 valence electrons. The molecule has 0 fully saturated rings. The lowest BCUT2D eigenvalue weighted by Gasteiger charge is -2.17. The average molecular weight is 338 g/mol. The summed E-state index contributed by atoms with van der Waals surface area (Å²) >= 11 is 0. The minimum absolute atomic E-state index is 0.0517. The number of carbonyl (C=O) groups is 1. The first-order valence-corrected chi connectivity index (χ1v) is 9.42. The minimum Gasteiger partial charge on any atom is -0.466 e. The number of unbranched alkanes of at least 4 members (excludes halogenated alkanes) is 2. The van der Waals surface area contributed by atoms with Crippen molar-refractivity contribution < 1.29 is 9.53 Å². The fourth-order valence-corrected chi connectivity index (χ4v) is 3.04. The molecule has 2 nitrogen and oxygen atoms in total. The molecule has 0 aromatic heterocycles. The van der Waals surface area contributed by atoms with E-state index in [0.717, 1.165) is 29.9 Å². The van der Waals surface area contributed by atoms with Gasteiger partial charge in [-0.15, -0.1) is 0 Å². The van der Waals surface area contributed by atoms with Gasteiger partial charge in [0, 0.05) is 5.92 Å². The summed E-state index contributed by atoms with van der Waals surface area (Å²) in [5, 5.41) is 0. The Kier molecular flexibility index (Phi) is 8.24. The second kappa shape index (κ2) is 10.7. The summed E-state index contributed by atoms with van der Waals surface area (Å²) < 4.78 is 5.48. The average Bonchev–Trinajstić information content (AvgIpc) is 2.64. The molecule has 0 aliphatic heterocycles. The van der Waals surface area contributed by atoms with E-state index in [9.17, 15) is 4.79 Å². The van der Waals surface area contributed by atoms with E-state index >= 15 is 0 Å². The van der Waals surface area contributed by atoms with Crippen LogP contribution in [0.2, 0.25) is 0 Å². The first-order valence-electron chi connectivity index (χ1n) is 9.42. The van der Waals surface area contributed by atoms with Crippen molar-refractivity contribution in [1.29, 1.82) is 0 Å². The number of hydrogen-bond donors (Lipinski definition) is 0. The quantitative estimate of drug-likeness (QED) is 0.394. The smallest absolute Gasteiger partial charge is 0.306 e. The Morgan fingerprint density at radius 2 is 1.40 bits per heavy atom. The van der Waals surface area contributed by atoms with E-state index in [1.54, 1.807) is 0 Å². The lowest BCUT2D eigenvalue weighted by molar-refractivity contribution is -0.144. The second-order valence-corrected chi connectivity index (χ2v) is 7.04. The molecule has 0 amide bonds. The molecular formula is C23H30O2. The molecule has 2 heteroatoms. The minimum atomic E-state index is -0.110. The number of carbonyl (C=O) groups excluding carboxylic acids is 1. The Hall–Kier alpha value is -2.09. The van der Waals surface area contributed by atoms with Crippen LogP contribution >= 0.6 is 0 Å². The van der Waals surface area contributed by atoms with Crippen molar-refractivity contribution in [3.05, 3.63) is 71.8 Å². The largest absolute Gasteiger partial charge is 0.466 e. The van der Waals surface area contributed by atoms with Crippen LogP contribution in [-0.2, 0) is 9.53 Å². The van der Waals surface area contributed by atoms with Crippen LogP contribution < -0.4 is 0 Å². The molecule has 2 aromatic carbocycles. The van der Waals surface area contributed by atoms with Gasteiger partial charge >= 0.3 is 5.97 Å². The highest BCUT2D eigenvalue weighted by Gasteiger charge is 2.18. The van der Waals surface area contributed by atoms with Gasteiger partial charge in [-0.05, 0) is 23.5 Å². The molecule has 2 rings (SSSR count). The molecule has 0 bridgehead atoms. The molecule has 0 saturated heterocycles. The van der Waals surface area contributed by atoms with Crippen molar-refractivity contribution in [1.82, 2.24) is 0 Å². The van der Waals surface area contributed by atoms with Crippen LogP contribution in [0.25, 0.3) is 0 Å². The maximum absolute atomic E-state index is 12.3. The van der Waals surface area contributed by atoms with Gasteiger partial charge in [0.25, 0.3) is 0 Å². The molecule has 0 radical (unpaired) electrons. The summed E-state index contributed by atoms with van der Waals surface area (Å²) in [5.74, 6) is 0.692. The predicted octanol–water partition coefficient (Wildman–Crippen LogP) is 5.97. The number of esters is 1. The third kappa shape index (κ3) is 7.13. The summed E-state index contributed by atoms with van der Waals surface area (Å²) in [6.45, 7) is 5.02. The highest BCUT2D eigenvalue weighted by Crippen LogP contribution is 2.28. The van der Waals surface area contributed by atoms with Crippen molar-refractivity contribution in [2.45, 2.75) is 51.9 Å². The fraction of sp³-hybridized carbons (Fsp3) is 0.435. The fourth-order valence-electron chi connectivity index (χ4n) is 3.04. The van der Waals surface area contributed by atoms with Crippen molar-refractivity contribution in [3.8, 4) is 0 Å². The molecule has 0 aliphatic carbocycles. The van der Waals surface area contributed by atoms with E-state index < -0.39 is 0 Å². The van der Waals surface area contributed by atoms with Gasteiger partial charge in [0.2, 0.25) is 0 Å². The Bertz CT molecular complexity index is 565. The van der Waals surface area contributed by atoms with Crippen LogP contribution in [-0.4, -0.2) is 12.6 Å². The van der Waals surface area contributed by atoms with Crippen LogP contribution in [0.5, 0.6) is 0 Å². The van der Waals surface area contributed by atoms with Gasteiger partial charge in [-0.25, -0.2) is 0 Å². The normalized spacial score (nSPS) is 11.0. The molecular weight excluding hydrogens is 308 g/mol. The highest BCUT2D eigenvalue weighted by atomic mass is 16.5. The van der Waals surface area contributed by atoms with Crippen LogP contribution in [0.3, 0.4) is 0 Å². The van der Waals surface area contributed by atoms with Crippen LogP contribution in [0.1, 0.15) is 63.0 Å². The van der Waals surface area contributed by atoms with Gasteiger partial charge < -0.3 is 4.74 Å². The second-order valence-electron chi connectivity index (χ2n) is 7.04. The zero-order valence-corrected chi connectivity index (χ0v) is 15.5. The first-order chi connectivity index (χ1) is 12.2. The Morgan fingerprint density at radius 3 is 1.92 bits per heavy atom. The number of ether oxygens (including phenoxy) is 1. The third-order valence-corrected chi connectivity index (χ3v) is 4.46. The van der Waals surface area contributed by atoms with Crippen LogP contribution in [0.15, 0.2) is 60.7 Å². The summed E-state index contributed by atoms with van der Waals surface area (Å²) in [6.07, 6.45) is 4.94. The van der Waals surface area contributed by atoms with Crippen LogP contribution in [0, 0.1) is 5.92 Å². The SMILES string of the molecule is CC(C)CCCCCOC(=O)CC(c1ccccc1)c1ccccc1. The Labute approximate surface area is 152 Å². The summed E-state index contributed by atoms with van der Waals surface area (Å²) in [4.78, 5) is 12.3. The van der Waals surface area contributed by atoms with Crippen molar-refractivity contribution in [2.24, 2.45) is 5.92 Å². The van der Waals surface area contributed by atoms with Gasteiger partial charge in [0.15, 0.2) is 0 Å². The van der Waals surface area contributed by atoms with Crippen molar-refractivity contribution in [2.75, 3.05) is 6.61 Å². The maximum atomic E-state index is 12.3. The number of hydrogen-bond acceptors (Lipinski definition) is 2. The molecule has 0 spiro atoms. The van der Waals surface area contributed by atoms with Gasteiger partial charge in [-0.2, -0.15) is 0 Å². The van der Waals surface area contributed by atoms with E-state index in [2.05, 4.69) is 38.1 Å². The standard InChI is InChI=1S/C23H30O2/c1-19(2)12-6-5-11-17-25-23(24)18-22(20-13-7-3-8-14-20)21-15-9-4-10-16-21/h3-4,7-10,13-16,19,22H,5-6,11-12,17-18H2,1-2H3. The van der Waals surface area contributed by atoms with Gasteiger partial charge in [0.1, 0.15) is 0 Å². The first kappa shape index (κ1) is 19.2. The summed E-state index contributed by atoms with van der Waals surface area (Å²) in [7, 11) is 0. The van der Waals surface area contributed by atoms with E-state index in [0.29, 0.717) is 13.0 Å². The van der Waals surface area contributed by atoms with Crippen molar-refractivity contribution in [3.63, 3.8) is 0 Å². The molecule has 2 aromatic rings. The summed E-state index contributed by atoms with van der Waals surface area (Å²) in [6, 6.07) is 20.4. The van der Waals surface area contributed by atoms with Crippen LogP contribution in [0.4, 0.5) is 0 Å². The molecule has 25 heavy (non-hydrogen) atoms. The monoisotopic (exact) mass is 338 g/mol. The lowest BCUT2D eigenvalue weighted by Crippen LogP contribution is -2.12. The van der Waals surface area contributed by atoms with Crippen molar-refractivity contribution >= 4 is 5.97 Å². The van der Waals surface area contributed by atoms with Gasteiger partial charge in [0.05, 0.1) is 13.0 Å². The number of benzene rings is 2. The predicted molar refractivity (Wildman–Crippen MR) is 104 cm³/mol. The molecule has 0 aliphatic rings. The molecule has 0 saturated carbocycles. The number of rotatable bonds is 10. The van der Waals surface area contributed by atoms with E-state index in [4.69, 9.17) is 4.74 Å². The highest BCUT2D eigenvalue weighted by molar-refractivity contribution is 5.71. The molecule has 0 N–H and O–H groups in total. The molecule has 0 heterocycles. The molecule has 0 unspecified atom stereocenters. The molecule has 0 atom stereocenters. The third-order valence-electron chi connectivity index (χ3n) is 4.46.